The second-order valence-corrected chi connectivity index (χ2v) is 5.91. The van der Waals surface area contributed by atoms with Crippen molar-refractivity contribution in [2.24, 2.45) is 0 Å². The third-order valence-electron chi connectivity index (χ3n) is 4.15. The first kappa shape index (κ1) is 17.7. The molecule has 0 aliphatic rings. The molecule has 0 fully saturated rings. The maximum absolute atomic E-state index is 12.9. The molecule has 26 heavy (non-hydrogen) atoms. The first-order valence-electron chi connectivity index (χ1n) is 7.97. The largest absolute Gasteiger partial charge is 0.416 e. The van der Waals surface area contributed by atoms with Gasteiger partial charge in [0.25, 0.3) is 0 Å². The van der Waals surface area contributed by atoms with E-state index in [9.17, 15) is 13.2 Å². The van der Waals surface area contributed by atoms with Gasteiger partial charge in [-0.2, -0.15) is 13.2 Å². The van der Waals surface area contributed by atoms with Crippen LogP contribution in [0, 0.1) is 19.3 Å². The number of para-hydroxylation sites is 1. The zero-order valence-electron chi connectivity index (χ0n) is 14.0. The average Bonchev–Trinajstić information content (AvgIpc) is 2.61. The molecule has 0 aliphatic carbocycles. The Morgan fingerprint density at radius 3 is 2.62 bits per heavy atom. The molecule has 1 heterocycles. The molecule has 0 saturated carbocycles. The third-order valence-corrected chi connectivity index (χ3v) is 4.15. The standard InChI is InChI=1S/C20H16F3N3/c1-3-6-18(15-10-9-14(11-13(15)2)20(21,22)23)26-19-16-7-4-5-8-17(16)24-12-25-19/h1,4-5,7-12,18H,6H2,2H3,(H,24,25,26). The highest BCUT2D eigenvalue weighted by Crippen LogP contribution is 2.33. The van der Waals surface area contributed by atoms with Gasteiger partial charge in [-0.3, -0.25) is 0 Å². The Morgan fingerprint density at radius 2 is 1.92 bits per heavy atom. The van der Waals surface area contributed by atoms with Gasteiger partial charge in [0.2, 0.25) is 0 Å². The zero-order chi connectivity index (χ0) is 18.7. The van der Waals surface area contributed by atoms with Crippen LogP contribution in [0.15, 0.2) is 48.8 Å². The SMILES string of the molecule is C#CCC(Nc1ncnc2ccccc12)c1ccc(C(F)(F)F)cc1C. The summed E-state index contributed by atoms with van der Waals surface area (Å²) in [5.74, 6) is 3.17. The molecule has 6 heteroatoms. The molecule has 3 aromatic rings. The van der Waals surface area contributed by atoms with Crippen molar-refractivity contribution in [2.45, 2.75) is 25.6 Å². The number of benzene rings is 2. The molecule has 1 aromatic heterocycles. The Hall–Kier alpha value is -3.07. The Kier molecular flexibility index (Phi) is 4.81. The minimum atomic E-state index is -4.37. The number of terminal acetylenes is 1. The van der Waals surface area contributed by atoms with E-state index in [1.54, 1.807) is 6.92 Å². The van der Waals surface area contributed by atoms with E-state index in [0.717, 1.165) is 23.0 Å². The van der Waals surface area contributed by atoms with Gasteiger partial charge in [-0.1, -0.05) is 18.2 Å². The molecule has 3 rings (SSSR count). The van der Waals surface area contributed by atoms with Crippen LogP contribution >= 0.6 is 0 Å². The first-order valence-corrected chi connectivity index (χ1v) is 7.97. The van der Waals surface area contributed by atoms with Gasteiger partial charge in [0.1, 0.15) is 12.1 Å². The van der Waals surface area contributed by atoms with E-state index in [-0.39, 0.29) is 6.04 Å². The van der Waals surface area contributed by atoms with Crippen LogP contribution in [0.4, 0.5) is 19.0 Å². The number of nitrogens with zero attached hydrogens (tertiary/aromatic N) is 2. The summed E-state index contributed by atoms with van der Waals surface area (Å²) in [4.78, 5) is 8.48. The van der Waals surface area contributed by atoms with Gasteiger partial charge in [0, 0.05) is 11.8 Å². The number of aromatic nitrogens is 2. The van der Waals surface area contributed by atoms with Crippen molar-refractivity contribution in [2.75, 3.05) is 5.32 Å². The normalized spacial score (nSPS) is 12.6. The zero-order valence-corrected chi connectivity index (χ0v) is 14.0. The average molecular weight is 355 g/mol. The minimum absolute atomic E-state index is 0.310. The fourth-order valence-electron chi connectivity index (χ4n) is 2.88. The summed E-state index contributed by atoms with van der Waals surface area (Å²) in [5, 5.41) is 4.08. The lowest BCUT2D eigenvalue weighted by atomic mass is 9.96. The number of alkyl halides is 3. The number of hydrogen-bond acceptors (Lipinski definition) is 3. The van der Waals surface area contributed by atoms with E-state index >= 15 is 0 Å². The van der Waals surface area contributed by atoms with Crippen molar-refractivity contribution in [3.63, 3.8) is 0 Å². The van der Waals surface area contributed by atoms with Crippen molar-refractivity contribution in [1.82, 2.24) is 9.97 Å². The van der Waals surface area contributed by atoms with E-state index in [1.165, 1.54) is 12.4 Å². The second-order valence-electron chi connectivity index (χ2n) is 5.91. The van der Waals surface area contributed by atoms with Gasteiger partial charge < -0.3 is 5.32 Å². The lowest BCUT2D eigenvalue weighted by molar-refractivity contribution is -0.137. The van der Waals surface area contributed by atoms with Gasteiger partial charge in [-0.05, 0) is 42.3 Å². The Bertz CT molecular complexity index is 969. The van der Waals surface area contributed by atoms with Crippen molar-refractivity contribution in [3.8, 4) is 12.3 Å². The number of halogens is 3. The van der Waals surface area contributed by atoms with Crippen LogP contribution in [0.1, 0.15) is 29.2 Å². The van der Waals surface area contributed by atoms with Crippen molar-refractivity contribution < 1.29 is 13.2 Å². The maximum Gasteiger partial charge on any atom is 0.416 e. The predicted molar refractivity (Wildman–Crippen MR) is 95.5 cm³/mol. The number of anilines is 1. The Morgan fingerprint density at radius 1 is 1.15 bits per heavy atom. The summed E-state index contributed by atoms with van der Waals surface area (Å²) in [6.45, 7) is 1.65. The quantitative estimate of drug-likeness (QED) is 0.659. The van der Waals surface area contributed by atoms with E-state index < -0.39 is 11.7 Å². The van der Waals surface area contributed by atoms with E-state index in [4.69, 9.17) is 6.42 Å². The predicted octanol–water partition coefficient (Wildman–Crippen LogP) is 5.13. The summed E-state index contributed by atoms with van der Waals surface area (Å²) in [7, 11) is 0. The summed E-state index contributed by atoms with van der Waals surface area (Å²) in [6.07, 6.45) is 2.86. The number of hydrogen-bond donors (Lipinski definition) is 1. The van der Waals surface area contributed by atoms with Crippen LogP contribution in [0.3, 0.4) is 0 Å². The van der Waals surface area contributed by atoms with Gasteiger partial charge >= 0.3 is 6.18 Å². The lowest BCUT2D eigenvalue weighted by Gasteiger charge is -2.21. The smallest absolute Gasteiger partial charge is 0.362 e. The summed E-state index contributed by atoms with van der Waals surface area (Å²) in [5.41, 5.74) is 1.32. The maximum atomic E-state index is 12.9. The highest BCUT2D eigenvalue weighted by Gasteiger charge is 2.31. The summed E-state index contributed by atoms with van der Waals surface area (Å²) >= 11 is 0. The molecule has 1 N–H and O–H groups in total. The minimum Gasteiger partial charge on any atom is -0.362 e. The molecule has 0 aliphatic heterocycles. The summed E-state index contributed by atoms with van der Waals surface area (Å²) in [6, 6.07) is 10.8. The van der Waals surface area contributed by atoms with Gasteiger partial charge in [0.15, 0.2) is 0 Å². The van der Waals surface area contributed by atoms with Crippen LogP contribution in [0.5, 0.6) is 0 Å². The van der Waals surface area contributed by atoms with E-state index in [2.05, 4.69) is 21.2 Å². The van der Waals surface area contributed by atoms with Crippen LogP contribution < -0.4 is 5.32 Å². The topological polar surface area (TPSA) is 37.8 Å². The van der Waals surface area contributed by atoms with Gasteiger partial charge in [0.05, 0.1) is 17.1 Å². The molecule has 2 aromatic carbocycles. The molecular weight excluding hydrogens is 339 g/mol. The monoisotopic (exact) mass is 355 g/mol. The van der Waals surface area contributed by atoms with Crippen molar-refractivity contribution >= 4 is 16.7 Å². The Balaban J connectivity index is 1.99. The third kappa shape index (κ3) is 3.62. The molecule has 0 saturated heterocycles. The molecule has 0 bridgehead atoms. The summed E-state index contributed by atoms with van der Waals surface area (Å²) < 4.78 is 38.7. The number of aryl methyl sites for hydroxylation is 1. The van der Waals surface area contributed by atoms with E-state index in [1.807, 2.05) is 24.3 Å². The lowest BCUT2D eigenvalue weighted by Crippen LogP contribution is -2.14. The highest BCUT2D eigenvalue weighted by molar-refractivity contribution is 5.88. The van der Waals surface area contributed by atoms with Crippen LogP contribution in [0.25, 0.3) is 10.9 Å². The Labute approximate surface area is 149 Å². The van der Waals surface area contributed by atoms with Crippen molar-refractivity contribution in [3.05, 3.63) is 65.5 Å². The van der Waals surface area contributed by atoms with Crippen molar-refractivity contribution in [1.29, 1.82) is 0 Å². The molecule has 0 radical (unpaired) electrons. The first-order chi connectivity index (χ1) is 12.4. The number of rotatable bonds is 4. The number of nitrogens with one attached hydrogen (secondary N) is 1. The molecule has 1 atom stereocenters. The fraction of sp³-hybridized carbons (Fsp3) is 0.200. The molecule has 1 unspecified atom stereocenters. The van der Waals surface area contributed by atoms with Crippen LogP contribution in [-0.2, 0) is 6.18 Å². The molecule has 0 spiro atoms. The van der Waals surface area contributed by atoms with Gasteiger partial charge in [-0.15, -0.1) is 12.3 Å². The number of fused-ring (bicyclic) bond motifs is 1. The molecule has 3 nitrogen and oxygen atoms in total. The van der Waals surface area contributed by atoms with E-state index in [0.29, 0.717) is 23.4 Å². The second kappa shape index (κ2) is 7.04. The molecule has 0 amide bonds. The fourth-order valence-corrected chi connectivity index (χ4v) is 2.88. The molecular formula is C20H16F3N3. The van der Waals surface area contributed by atoms with Crippen LogP contribution in [0.2, 0.25) is 0 Å². The van der Waals surface area contributed by atoms with Gasteiger partial charge in [-0.25, -0.2) is 9.97 Å². The highest BCUT2D eigenvalue weighted by atomic mass is 19.4. The molecule has 132 valence electrons. The van der Waals surface area contributed by atoms with Crippen LogP contribution in [-0.4, -0.2) is 9.97 Å².